The predicted octanol–water partition coefficient (Wildman–Crippen LogP) is 2.22. The fourth-order valence-electron chi connectivity index (χ4n) is 0.259. The van der Waals surface area contributed by atoms with Crippen LogP contribution < -0.4 is 0 Å². The summed E-state index contributed by atoms with van der Waals surface area (Å²) in [6, 6.07) is 3.79. The lowest BCUT2D eigenvalue weighted by molar-refractivity contribution is -0.0979. The van der Waals surface area contributed by atoms with Gasteiger partial charge < -0.3 is 4.79 Å². The zero-order valence-corrected chi connectivity index (χ0v) is 5.71. The van der Waals surface area contributed by atoms with Crippen LogP contribution in [0.15, 0.2) is 17.5 Å². The van der Waals surface area contributed by atoms with Crippen LogP contribution in [-0.4, -0.2) is 6.79 Å². The van der Waals surface area contributed by atoms with Crippen LogP contribution in [0.2, 0.25) is 4.34 Å². The highest BCUT2D eigenvalue weighted by Crippen LogP contribution is 2.13. The molecule has 0 N–H and O–H groups in total. The normalized spacial score (nSPS) is 7.12. The van der Waals surface area contributed by atoms with Crippen LogP contribution in [0.4, 0.5) is 0 Å². The van der Waals surface area contributed by atoms with Gasteiger partial charge in [0.15, 0.2) is 0 Å². The Morgan fingerprint density at radius 2 is 2.25 bits per heavy atom. The van der Waals surface area contributed by atoms with Crippen molar-refractivity contribution in [2.24, 2.45) is 0 Å². The van der Waals surface area contributed by atoms with Crippen LogP contribution in [0.3, 0.4) is 0 Å². The first-order chi connectivity index (χ1) is 3.89. The number of thiophene rings is 1. The van der Waals surface area contributed by atoms with Crippen molar-refractivity contribution in [3.8, 4) is 0 Å². The topological polar surface area (TPSA) is 17.1 Å². The molecule has 0 amide bonds. The van der Waals surface area contributed by atoms with E-state index in [2.05, 4.69) is 0 Å². The van der Waals surface area contributed by atoms with Crippen LogP contribution in [0, 0.1) is 0 Å². The summed E-state index contributed by atoms with van der Waals surface area (Å²) >= 11 is 7.02. The van der Waals surface area contributed by atoms with Gasteiger partial charge >= 0.3 is 0 Å². The summed E-state index contributed by atoms with van der Waals surface area (Å²) in [5, 5.41) is 1.95. The molecule has 0 saturated carbocycles. The highest BCUT2D eigenvalue weighted by atomic mass is 35.5. The third-order valence-electron chi connectivity index (χ3n) is 0.486. The monoisotopic (exact) mass is 148 g/mol. The Hall–Kier alpha value is -0.340. The molecule has 0 aliphatic heterocycles. The molecule has 1 aromatic heterocycles. The molecule has 1 aromatic rings. The van der Waals surface area contributed by atoms with Crippen molar-refractivity contribution in [1.82, 2.24) is 0 Å². The van der Waals surface area contributed by atoms with Gasteiger partial charge in [0.25, 0.3) is 0 Å². The molecule has 0 bridgehead atoms. The summed E-state index contributed by atoms with van der Waals surface area (Å²) in [5.74, 6) is 0. The third kappa shape index (κ3) is 2.77. The fraction of sp³-hybridized carbons (Fsp3) is 0. The van der Waals surface area contributed by atoms with Crippen LogP contribution in [-0.2, 0) is 4.79 Å². The minimum absolute atomic E-state index is 0.856. The average molecular weight is 149 g/mol. The predicted molar refractivity (Wildman–Crippen MR) is 36.5 cm³/mol. The van der Waals surface area contributed by atoms with E-state index >= 15 is 0 Å². The molecule has 44 valence electrons. The van der Waals surface area contributed by atoms with Gasteiger partial charge in [-0.3, -0.25) is 0 Å². The van der Waals surface area contributed by atoms with Gasteiger partial charge in [0.1, 0.15) is 6.79 Å². The van der Waals surface area contributed by atoms with Crippen molar-refractivity contribution in [3.05, 3.63) is 21.8 Å². The molecule has 8 heavy (non-hydrogen) atoms. The first kappa shape index (κ1) is 7.66. The van der Waals surface area contributed by atoms with Crippen molar-refractivity contribution >= 4 is 29.7 Å². The highest BCUT2D eigenvalue weighted by Gasteiger charge is 1.77. The molecule has 0 saturated heterocycles. The summed E-state index contributed by atoms with van der Waals surface area (Å²) in [5.41, 5.74) is 0. The van der Waals surface area contributed by atoms with Gasteiger partial charge in [-0.1, -0.05) is 11.6 Å². The molecule has 0 unspecified atom stereocenters. The van der Waals surface area contributed by atoms with Gasteiger partial charge in [-0.2, -0.15) is 0 Å². The maximum absolute atomic E-state index is 8.00. The summed E-state index contributed by atoms with van der Waals surface area (Å²) < 4.78 is 0.856. The van der Waals surface area contributed by atoms with Crippen LogP contribution >= 0.6 is 22.9 Å². The molecular formula is C5H5ClOS. The molecule has 0 aromatic carbocycles. The maximum Gasteiger partial charge on any atom is 0.106 e. The first-order valence-corrected chi connectivity index (χ1v) is 3.13. The number of halogens is 1. The van der Waals surface area contributed by atoms with Crippen LogP contribution in [0.1, 0.15) is 0 Å². The summed E-state index contributed by atoms with van der Waals surface area (Å²) in [4.78, 5) is 8.00. The number of carbonyl (C=O) groups excluding carboxylic acids is 1. The largest absolute Gasteiger partial charge is 0.307 e. The summed E-state index contributed by atoms with van der Waals surface area (Å²) in [6.07, 6.45) is 0. The minimum atomic E-state index is 0.856. The third-order valence-corrected chi connectivity index (χ3v) is 1.53. The van der Waals surface area contributed by atoms with Crippen molar-refractivity contribution in [2.45, 2.75) is 0 Å². The minimum Gasteiger partial charge on any atom is -0.307 e. The lowest BCUT2D eigenvalue weighted by atomic mass is 10.7. The van der Waals surface area contributed by atoms with Crippen LogP contribution in [0.5, 0.6) is 0 Å². The SMILES string of the molecule is C=O.Clc1cccs1. The van der Waals surface area contributed by atoms with Crippen molar-refractivity contribution in [2.75, 3.05) is 0 Å². The Balaban J connectivity index is 0.000000222. The molecule has 0 fully saturated rings. The number of rotatable bonds is 0. The van der Waals surface area contributed by atoms with E-state index in [0.717, 1.165) is 4.34 Å². The Bertz CT molecular complexity index is 127. The molecular weight excluding hydrogens is 144 g/mol. The molecule has 0 radical (unpaired) electrons. The molecule has 1 nitrogen and oxygen atoms in total. The average Bonchev–Trinajstić information content (AvgIpc) is 2.24. The van der Waals surface area contributed by atoms with Crippen molar-refractivity contribution < 1.29 is 4.79 Å². The molecule has 0 aliphatic rings. The Morgan fingerprint density at radius 1 is 1.62 bits per heavy atom. The number of hydrogen-bond acceptors (Lipinski definition) is 2. The van der Waals surface area contributed by atoms with Crippen LogP contribution in [0.25, 0.3) is 0 Å². The van der Waals surface area contributed by atoms with Gasteiger partial charge in [0.05, 0.1) is 4.34 Å². The van der Waals surface area contributed by atoms with Crippen molar-refractivity contribution in [3.63, 3.8) is 0 Å². The molecule has 0 spiro atoms. The molecule has 1 heterocycles. The lowest BCUT2D eigenvalue weighted by Gasteiger charge is -1.62. The lowest BCUT2D eigenvalue weighted by Crippen LogP contribution is -1.29. The number of carbonyl (C=O) groups is 1. The highest BCUT2D eigenvalue weighted by molar-refractivity contribution is 7.14. The van der Waals surface area contributed by atoms with E-state index in [0.29, 0.717) is 0 Å². The summed E-state index contributed by atoms with van der Waals surface area (Å²) in [6.45, 7) is 2.00. The van der Waals surface area contributed by atoms with E-state index < -0.39 is 0 Å². The smallest absolute Gasteiger partial charge is 0.106 e. The molecule has 1 rings (SSSR count). The van der Waals surface area contributed by atoms with Gasteiger partial charge in [0, 0.05) is 0 Å². The quantitative estimate of drug-likeness (QED) is 0.552. The van der Waals surface area contributed by atoms with Gasteiger partial charge in [-0.15, -0.1) is 11.3 Å². The molecule has 0 atom stereocenters. The van der Waals surface area contributed by atoms with Gasteiger partial charge in [-0.05, 0) is 17.5 Å². The Kier molecular flexibility index (Phi) is 4.61. The standard InChI is InChI=1S/C4H3ClS.CH2O/c5-4-2-1-3-6-4;1-2/h1-3H;1H2. The molecule has 0 aliphatic carbocycles. The maximum atomic E-state index is 8.00. The zero-order valence-electron chi connectivity index (χ0n) is 4.13. The second kappa shape index (κ2) is 4.81. The van der Waals surface area contributed by atoms with E-state index in [9.17, 15) is 0 Å². The van der Waals surface area contributed by atoms with Gasteiger partial charge in [0.2, 0.25) is 0 Å². The van der Waals surface area contributed by atoms with E-state index in [-0.39, 0.29) is 0 Å². The fourth-order valence-corrected chi connectivity index (χ4v) is 0.930. The van der Waals surface area contributed by atoms with E-state index in [1.165, 1.54) is 0 Å². The van der Waals surface area contributed by atoms with E-state index in [4.69, 9.17) is 16.4 Å². The second-order valence-electron chi connectivity index (χ2n) is 0.917. The van der Waals surface area contributed by atoms with E-state index in [1.54, 1.807) is 11.3 Å². The second-order valence-corrected chi connectivity index (χ2v) is 2.50. The van der Waals surface area contributed by atoms with E-state index in [1.807, 2.05) is 24.3 Å². The Labute approximate surface area is 56.9 Å². The van der Waals surface area contributed by atoms with Crippen molar-refractivity contribution in [1.29, 1.82) is 0 Å². The zero-order chi connectivity index (χ0) is 6.41. The summed E-state index contributed by atoms with van der Waals surface area (Å²) in [7, 11) is 0. The number of hydrogen-bond donors (Lipinski definition) is 0. The van der Waals surface area contributed by atoms with Gasteiger partial charge in [-0.25, -0.2) is 0 Å². The Morgan fingerprint density at radius 3 is 2.38 bits per heavy atom. The first-order valence-electron chi connectivity index (χ1n) is 1.87. The molecule has 3 heteroatoms.